The molecule has 0 aliphatic carbocycles. The fourth-order valence-electron chi connectivity index (χ4n) is 4.15. The fraction of sp³-hybridized carbons (Fsp3) is 0.0667. The van der Waals surface area contributed by atoms with E-state index < -0.39 is 29.8 Å². The van der Waals surface area contributed by atoms with Gasteiger partial charge in [0.2, 0.25) is 0 Å². The Balaban J connectivity index is 1.25. The Hall–Kier alpha value is -5.04. The van der Waals surface area contributed by atoms with Crippen molar-refractivity contribution < 1.29 is 23.9 Å². The predicted octanol–water partition coefficient (Wildman–Crippen LogP) is 5.34. The van der Waals surface area contributed by atoms with Crippen LogP contribution in [0.3, 0.4) is 0 Å². The number of nitrogens with zero attached hydrogens (tertiary/aromatic N) is 1. The van der Waals surface area contributed by atoms with E-state index in [0.29, 0.717) is 22.5 Å². The molecule has 7 nitrogen and oxygen atoms in total. The highest BCUT2D eigenvalue weighted by Crippen LogP contribution is 2.29. The molecule has 0 saturated heterocycles. The molecule has 0 aromatic heterocycles. The molecular weight excluding hydrogens is 468 g/mol. The van der Waals surface area contributed by atoms with Crippen LogP contribution >= 0.6 is 0 Å². The molecule has 0 bridgehead atoms. The summed E-state index contributed by atoms with van der Waals surface area (Å²) >= 11 is 0. The average Bonchev–Trinajstić information content (AvgIpc) is 3.19. The molecule has 4 aromatic carbocycles. The Labute approximate surface area is 213 Å². The fourth-order valence-corrected chi connectivity index (χ4v) is 4.15. The number of carbonyl (C=O) groups is 4. The highest BCUT2D eigenvalue weighted by Gasteiger charge is 2.36. The van der Waals surface area contributed by atoms with Gasteiger partial charge in [0.15, 0.2) is 6.10 Å². The number of anilines is 2. The second-order valence-electron chi connectivity index (χ2n) is 8.49. The minimum Gasteiger partial charge on any atom is -0.449 e. The van der Waals surface area contributed by atoms with Gasteiger partial charge in [-0.25, -0.2) is 9.69 Å². The maximum Gasteiger partial charge on any atom is 0.338 e. The van der Waals surface area contributed by atoms with E-state index >= 15 is 0 Å². The van der Waals surface area contributed by atoms with Crippen LogP contribution in [0.15, 0.2) is 103 Å². The topological polar surface area (TPSA) is 92.8 Å². The zero-order chi connectivity index (χ0) is 25.9. The van der Waals surface area contributed by atoms with Crippen molar-refractivity contribution in [3.8, 4) is 11.1 Å². The molecule has 182 valence electrons. The second-order valence-corrected chi connectivity index (χ2v) is 8.49. The van der Waals surface area contributed by atoms with Gasteiger partial charge in [-0.2, -0.15) is 0 Å². The van der Waals surface area contributed by atoms with Crippen LogP contribution in [0.2, 0.25) is 0 Å². The van der Waals surface area contributed by atoms with E-state index in [1.807, 2.05) is 48.5 Å². The molecule has 0 saturated carbocycles. The van der Waals surface area contributed by atoms with E-state index in [4.69, 9.17) is 4.74 Å². The Bertz CT molecular complexity index is 1480. The zero-order valence-electron chi connectivity index (χ0n) is 19.9. The zero-order valence-corrected chi connectivity index (χ0v) is 19.9. The van der Waals surface area contributed by atoms with Crippen molar-refractivity contribution in [2.24, 2.45) is 0 Å². The highest BCUT2D eigenvalue weighted by molar-refractivity contribution is 6.34. The molecule has 0 fully saturated rings. The molecule has 1 N–H and O–H groups in total. The molecule has 0 radical (unpaired) electrons. The first-order valence-electron chi connectivity index (χ1n) is 11.7. The summed E-state index contributed by atoms with van der Waals surface area (Å²) in [4.78, 5) is 51.9. The summed E-state index contributed by atoms with van der Waals surface area (Å²) < 4.78 is 5.38. The van der Waals surface area contributed by atoms with Crippen LogP contribution in [0.25, 0.3) is 11.1 Å². The van der Waals surface area contributed by atoms with Crippen LogP contribution < -0.4 is 10.2 Å². The molecule has 5 rings (SSSR count). The van der Waals surface area contributed by atoms with Crippen molar-refractivity contribution in [1.29, 1.82) is 0 Å². The van der Waals surface area contributed by atoms with Gasteiger partial charge in [0, 0.05) is 11.3 Å². The first kappa shape index (κ1) is 23.7. The van der Waals surface area contributed by atoms with E-state index in [0.717, 1.165) is 16.0 Å². The van der Waals surface area contributed by atoms with Gasteiger partial charge in [0.05, 0.1) is 22.4 Å². The van der Waals surface area contributed by atoms with Crippen LogP contribution in [0.5, 0.6) is 0 Å². The molecule has 1 atom stereocenters. The van der Waals surface area contributed by atoms with Crippen molar-refractivity contribution in [3.63, 3.8) is 0 Å². The van der Waals surface area contributed by atoms with E-state index in [9.17, 15) is 19.2 Å². The standard InChI is InChI=1S/C30H22N2O5/c1-19(27(33)31-26-14-8-7-11-23(26)20-9-3-2-4-10-20)37-30(36)21-15-17-22(18-16-21)32-28(34)24-12-5-6-13-25(24)29(32)35/h2-19H,1H3,(H,31,33)/t19-/m1/s1. The average molecular weight is 491 g/mol. The summed E-state index contributed by atoms with van der Waals surface area (Å²) in [5.74, 6) is -2.01. The predicted molar refractivity (Wildman–Crippen MR) is 139 cm³/mol. The Morgan fingerprint density at radius 2 is 1.24 bits per heavy atom. The number of para-hydroxylation sites is 1. The monoisotopic (exact) mass is 490 g/mol. The van der Waals surface area contributed by atoms with Gasteiger partial charge in [-0.3, -0.25) is 14.4 Å². The molecule has 4 aromatic rings. The molecular formula is C30H22N2O5. The maximum atomic E-state index is 12.8. The van der Waals surface area contributed by atoms with E-state index in [1.54, 1.807) is 30.3 Å². The number of amides is 3. The van der Waals surface area contributed by atoms with Crippen LogP contribution in [0.4, 0.5) is 11.4 Å². The van der Waals surface area contributed by atoms with Crippen LogP contribution in [0, 0.1) is 0 Å². The van der Waals surface area contributed by atoms with Gasteiger partial charge in [0.25, 0.3) is 17.7 Å². The van der Waals surface area contributed by atoms with E-state index in [2.05, 4.69) is 5.32 Å². The van der Waals surface area contributed by atoms with Gasteiger partial charge >= 0.3 is 5.97 Å². The van der Waals surface area contributed by atoms with Crippen molar-refractivity contribution in [2.75, 3.05) is 10.2 Å². The third-order valence-electron chi connectivity index (χ3n) is 6.08. The normalized spacial score (nSPS) is 13.2. The van der Waals surface area contributed by atoms with Gasteiger partial charge in [0.1, 0.15) is 0 Å². The maximum absolute atomic E-state index is 12.8. The lowest BCUT2D eigenvalue weighted by Gasteiger charge is -2.17. The molecule has 37 heavy (non-hydrogen) atoms. The largest absolute Gasteiger partial charge is 0.449 e. The Morgan fingerprint density at radius 1 is 0.703 bits per heavy atom. The molecule has 1 heterocycles. The Kier molecular flexibility index (Phi) is 6.34. The quantitative estimate of drug-likeness (QED) is 0.291. The molecule has 1 aliphatic heterocycles. The number of ether oxygens (including phenoxy) is 1. The number of nitrogens with one attached hydrogen (secondary N) is 1. The summed E-state index contributed by atoms with van der Waals surface area (Å²) in [5.41, 5.74) is 3.59. The number of benzene rings is 4. The van der Waals surface area contributed by atoms with Gasteiger partial charge in [-0.15, -0.1) is 0 Å². The highest BCUT2D eigenvalue weighted by atomic mass is 16.5. The first-order chi connectivity index (χ1) is 17.9. The number of esters is 1. The summed E-state index contributed by atoms with van der Waals surface area (Å²) in [6, 6.07) is 29.5. The van der Waals surface area contributed by atoms with Crippen LogP contribution in [0.1, 0.15) is 38.0 Å². The lowest BCUT2D eigenvalue weighted by atomic mass is 10.0. The molecule has 0 unspecified atom stereocenters. The summed E-state index contributed by atoms with van der Waals surface area (Å²) in [5, 5.41) is 2.83. The van der Waals surface area contributed by atoms with Crippen molar-refractivity contribution in [2.45, 2.75) is 13.0 Å². The number of imide groups is 1. The number of fused-ring (bicyclic) bond motifs is 1. The van der Waals surface area contributed by atoms with Crippen molar-refractivity contribution >= 4 is 35.1 Å². The smallest absolute Gasteiger partial charge is 0.338 e. The first-order valence-corrected chi connectivity index (χ1v) is 11.7. The minimum atomic E-state index is -1.06. The third kappa shape index (κ3) is 4.62. The third-order valence-corrected chi connectivity index (χ3v) is 6.08. The number of hydrogen-bond acceptors (Lipinski definition) is 5. The summed E-state index contributed by atoms with van der Waals surface area (Å²) in [7, 11) is 0. The van der Waals surface area contributed by atoms with Gasteiger partial charge in [-0.05, 0) is 55.0 Å². The summed E-state index contributed by atoms with van der Waals surface area (Å²) in [6.45, 7) is 1.49. The number of rotatable bonds is 6. The second kappa shape index (κ2) is 9.91. The minimum absolute atomic E-state index is 0.185. The SMILES string of the molecule is C[C@@H](OC(=O)c1ccc(N2C(=O)c3ccccc3C2=O)cc1)C(=O)Nc1ccccc1-c1ccccc1. The van der Waals surface area contributed by atoms with E-state index in [1.165, 1.54) is 31.2 Å². The van der Waals surface area contributed by atoms with Gasteiger partial charge in [-0.1, -0.05) is 60.7 Å². The lowest BCUT2D eigenvalue weighted by molar-refractivity contribution is -0.123. The van der Waals surface area contributed by atoms with E-state index in [-0.39, 0.29) is 5.56 Å². The van der Waals surface area contributed by atoms with Crippen LogP contribution in [-0.4, -0.2) is 29.8 Å². The van der Waals surface area contributed by atoms with Crippen molar-refractivity contribution in [3.05, 3.63) is 120 Å². The summed E-state index contributed by atoms with van der Waals surface area (Å²) in [6.07, 6.45) is -1.06. The van der Waals surface area contributed by atoms with Gasteiger partial charge < -0.3 is 10.1 Å². The molecule has 3 amide bonds. The number of carbonyl (C=O) groups excluding carboxylic acids is 4. The van der Waals surface area contributed by atoms with Crippen molar-refractivity contribution in [1.82, 2.24) is 0 Å². The Morgan fingerprint density at radius 3 is 1.86 bits per heavy atom. The van der Waals surface area contributed by atoms with Crippen LogP contribution in [-0.2, 0) is 9.53 Å². The molecule has 7 heteroatoms. The molecule has 1 aliphatic rings. The molecule has 0 spiro atoms. The lowest BCUT2D eigenvalue weighted by Crippen LogP contribution is -2.30. The number of hydrogen-bond donors (Lipinski definition) is 1.